The average Bonchev–Trinajstić information content (AvgIpc) is 2.65. The minimum absolute atomic E-state index is 0.0573. The van der Waals surface area contributed by atoms with Gasteiger partial charge in [0.05, 0.1) is 24.5 Å². The summed E-state index contributed by atoms with van der Waals surface area (Å²) in [7, 11) is -3.55. The van der Waals surface area contributed by atoms with Crippen LogP contribution in [0.5, 0.6) is 5.75 Å². The van der Waals surface area contributed by atoms with Crippen LogP contribution in [0.3, 0.4) is 0 Å². The summed E-state index contributed by atoms with van der Waals surface area (Å²) in [5.41, 5.74) is 3.63. The molecule has 0 saturated carbocycles. The molecule has 2 atom stereocenters. The lowest BCUT2D eigenvalue weighted by Gasteiger charge is -2.34. The summed E-state index contributed by atoms with van der Waals surface area (Å²) in [5.74, 6) is 0.0434. The van der Waals surface area contributed by atoms with Gasteiger partial charge in [-0.25, -0.2) is 8.42 Å². The Kier molecular flexibility index (Phi) is 5.87. The standard InChI is InChI=1S/C23H30N2O4S/c1-15-7-12-20-19(13-15)25(30(6,27)28)14-21(29-20)22(26)24-16(2)17-8-10-18(11-9-17)23(3,4)5/h7-13,16,21H,14H2,1-6H3,(H,24,26). The summed E-state index contributed by atoms with van der Waals surface area (Å²) in [6.07, 6.45) is 0.213. The molecule has 1 amide bonds. The molecular weight excluding hydrogens is 400 g/mol. The lowest BCUT2D eigenvalue weighted by molar-refractivity contribution is -0.128. The molecule has 1 aliphatic rings. The third kappa shape index (κ3) is 4.78. The van der Waals surface area contributed by atoms with Crippen LogP contribution in [-0.4, -0.2) is 33.2 Å². The summed E-state index contributed by atoms with van der Waals surface area (Å²) in [5, 5.41) is 2.95. The number of fused-ring (bicyclic) bond motifs is 1. The van der Waals surface area contributed by atoms with Crippen LogP contribution in [0.25, 0.3) is 0 Å². The van der Waals surface area contributed by atoms with Crippen LogP contribution in [0.4, 0.5) is 5.69 Å². The van der Waals surface area contributed by atoms with E-state index < -0.39 is 16.1 Å². The topological polar surface area (TPSA) is 75.7 Å². The predicted molar refractivity (Wildman–Crippen MR) is 119 cm³/mol. The summed E-state index contributed by atoms with van der Waals surface area (Å²) >= 11 is 0. The van der Waals surface area contributed by atoms with Gasteiger partial charge in [-0.05, 0) is 48.1 Å². The number of amides is 1. The molecular formula is C23H30N2O4S. The van der Waals surface area contributed by atoms with Gasteiger partial charge in [0.1, 0.15) is 5.75 Å². The molecule has 0 bridgehead atoms. The molecule has 162 valence electrons. The van der Waals surface area contributed by atoms with Gasteiger partial charge in [0.2, 0.25) is 10.0 Å². The lowest BCUT2D eigenvalue weighted by atomic mass is 9.86. The van der Waals surface area contributed by atoms with Crippen molar-refractivity contribution in [3.8, 4) is 5.75 Å². The molecule has 0 fully saturated rings. The van der Waals surface area contributed by atoms with E-state index >= 15 is 0 Å². The largest absolute Gasteiger partial charge is 0.476 e. The number of hydrogen-bond acceptors (Lipinski definition) is 4. The van der Waals surface area contributed by atoms with E-state index in [2.05, 4.69) is 38.2 Å². The third-order valence-corrected chi connectivity index (χ3v) is 6.46. The number of nitrogens with one attached hydrogen (secondary N) is 1. The zero-order valence-corrected chi connectivity index (χ0v) is 19.2. The first-order valence-electron chi connectivity index (χ1n) is 10.0. The van der Waals surface area contributed by atoms with Crippen molar-refractivity contribution in [3.05, 3.63) is 59.2 Å². The summed E-state index contributed by atoms with van der Waals surface area (Å²) < 4.78 is 31.7. The zero-order chi connectivity index (χ0) is 22.3. The fourth-order valence-corrected chi connectivity index (χ4v) is 4.38. The maximum absolute atomic E-state index is 12.9. The van der Waals surface area contributed by atoms with Crippen LogP contribution in [0, 0.1) is 6.92 Å². The van der Waals surface area contributed by atoms with E-state index in [-0.39, 0.29) is 23.9 Å². The number of hydrogen-bond donors (Lipinski definition) is 1. The van der Waals surface area contributed by atoms with Crippen LogP contribution in [-0.2, 0) is 20.2 Å². The van der Waals surface area contributed by atoms with E-state index in [1.807, 2.05) is 32.0 Å². The van der Waals surface area contributed by atoms with Gasteiger partial charge in [-0.2, -0.15) is 0 Å². The lowest BCUT2D eigenvalue weighted by Crippen LogP contribution is -2.50. The van der Waals surface area contributed by atoms with Gasteiger partial charge in [0.15, 0.2) is 6.10 Å². The van der Waals surface area contributed by atoms with Gasteiger partial charge >= 0.3 is 0 Å². The second kappa shape index (κ2) is 7.95. The average molecular weight is 431 g/mol. The van der Waals surface area contributed by atoms with Crippen LogP contribution in [0.15, 0.2) is 42.5 Å². The number of ether oxygens (including phenoxy) is 1. The second-order valence-corrected chi connectivity index (χ2v) is 10.9. The maximum Gasteiger partial charge on any atom is 0.263 e. The molecule has 0 spiro atoms. The zero-order valence-electron chi connectivity index (χ0n) is 18.4. The number of carbonyl (C=O) groups excluding carboxylic acids is 1. The number of sulfonamides is 1. The van der Waals surface area contributed by atoms with E-state index in [9.17, 15) is 13.2 Å². The first-order valence-corrected chi connectivity index (χ1v) is 11.9. The maximum atomic E-state index is 12.9. The minimum atomic E-state index is -3.55. The van der Waals surface area contributed by atoms with Crippen molar-refractivity contribution < 1.29 is 17.9 Å². The normalized spacial score (nSPS) is 17.7. The Balaban J connectivity index is 1.77. The van der Waals surface area contributed by atoms with Gasteiger partial charge < -0.3 is 10.1 Å². The molecule has 2 unspecified atom stereocenters. The van der Waals surface area contributed by atoms with E-state index in [1.165, 1.54) is 9.87 Å². The van der Waals surface area contributed by atoms with Crippen LogP contribution in [0.1, 0.15) is 50.4 Å². The molecule has 1 N–H and O–H groups in total. The SMILES string of the molecule is Cc1ccc2c(c1)N(S(C)(=O)=O)CC(C(=O)NC(C)c1ccc(C(C)(C)C)cc1)O2. The van der Waals surface area contributed by atoms with Crippen molar-refractivity contribution in [2.24, 2.45) is 0 Å². The van der Waals surface area contributed by atoms with Crippen molar-refractivity contribution >= 4 is 21.6 Å². The number of nitrogens with zero attached hydrogens (tertiary/aromatic N) is 1. The Morgan fingerprint density at radius 2 is 1.80 bits per heavy atom. The monoisotopic (exact) mass is 430 g/mol. The fourth-order valence-electron chi connectivity index (χ4n) is 3.47. The van der Waals surface area contributed by atoms with Crippen molar-refractivity contribution in [3.63, 3.8) is 0 Å². The van der Waals surface area contributed by atoms with E-state index in [1.54, 1.807) is 12.1 Å². The smallest absolute Gasteiger partial charge is 0.263 e. The molecule has 0 saturated heterocycles. The van der Waals surface area contributed by atoms with E-state index in [4.69, 9.17) is 4.74 Å². The van der Waals surface area contributed by atoms with E-state index in [0.717, 1.165) is 17.4 Å². The van der Waals surface area contributed by atoms with Crippen LogP contribution < -0.4 is 14.4 Å². The number of carbonyl (C=O) groups is 1. The van der Waals surface area contributed by atoms with Crippen molar-refractivity contribution in [1.29, 1.82) is 0 Å². The van der Waals surface area contributed by atoms with Gasteiger partial charge in [0, 0.05) is 0 Å². The summed E-state index contributed by atoms with van der Waals surface area (Å²) in [4.78, 5) is 12.9. The molecule has 2 aromatic rings. The Bertz CT molecular complexity index is 1040. The van der Waals surface area contributed by atoms with Crippen molar-refractivity contribution in [1.82, 2.24) is 5.32 Å². The van der Waals surface area contributed by atoms with Crippen molar-refractivity contribution in [2.75, 3.05) is 17.1 Å². The summed E-state index contributed by atoms with van der Waals surface area (Å²) in [6, 6.07) is 13.2. The molecule has 1 aliphatic heterocycles. The Morgan fingerprint density at radius 1 is 1.17 bits per heavy atom. The summed E-state index contributed by atoms with van der Waals surface area (Å²) in [6.45, 7) is 10.2. The number of benzene rings is 2. The predicted octanol–water partition coefficient (Wildman–Crippen LogP) is 3.70. The van der Waals surface area contributed by atoms with Gasteiger partial charge in [-0.3, -0.25) is 9.10 Å². The Hall–Kier alpha value is -2.54. The molecule has 2 aromatic carbocycles. The molecule has 0 aromatic heterocycles. The highest BCUT2D eigenvalue weighted by Gasteiger charge is 2.35. The molecule has 3 rings (SSSR count). The second-order valence-electron chi connectivity index (χ2n) is 8.97. The molecule has 0 radical (unpaired) electrons. The van der Waals surface area contributed by atoms with Gasteiger partial charge in [0.25, 0.3) is 5.91 Å². The van der Waals surface area contributed by atoms with Crippen LogP contribution in [0.2, 0.25) is 0 Å². The minimum Gasteiger partial charge on any atom is -0.476 e. The Morgan fingerprint density at radius 3 is 2.37 bits per heavy atom. The number of aryl methyl sites for hydroxylation is 1. The number of rotatable bonds is 4. The van der Waals surface area contributed by atoms with E-state index in [0.29, 0.717) is 11.4 Å². The first-order chi connectivity index (χ1) is 13.9. The van der Waals surface area contributed by atoms with Gasteiger partial charge in [-0.1, -0.05) is 51.1 Å². The van der Waals surface area contributed by atoms with Gasteiger partial charge in [-0.15, -0.1) is 0 Å². The molecule has 6 nitrogen and oxygen atoms in total. The molecule has 7 heteroatoms. The Labute approximate surface area is 179 Å². The van der Waals surface area contributed by atoms with Crippen LogP contribution >= 0.6 is 0 Å². The molecule has 0 aliphatic carbocycles. The molecule has 30 heavy (non-hydrogen) atoms. The third-order valence-electron chi connectivity index (χ3n) is 5.31. The van der Waals surface area contributed by atoms with Crippen molar-refractivity contribution in [2.45, 2.75) is 52.2 Å². The first kappa shape index (κ1) is 22.2. The fraction of sp³-hybridized carbons (Fsp3) is 0.435. The highest BCUT2D eigenvalue weighted by atomic mass is 32.2. The highest BCUT2D eigenvalue weighted by Crippen LogP contribution is 2.36. The molecule has 1 heterocycles. The quantitative estimate of drug-likeness (QED) is 0.803. The highest BCUT2D eigenvalue weighted by molar-refractivity contribution is 7.92. The number of anilines is 1.